The van der Waals surface area contributed by atoms with Crippen molar-refractivity contribution in [2.24, 2.45) is 0 Å². The Morgan fingerprint density at radius 3 is 0.563 bits per heavy atom. The summed E-state index contributed by atoms with van der Waals surface area (Å²) in [7, 11) is 9.93. The minimum Gasteiger partial charge on any atom is -0.753 e. The standard InChI is InChI=1S/2C28H22N4O8.2CNS.Ru/c2*1-37-25(33)15-5-7-29-19(9-15)21-11-17(27(35)39-3)13-23(31-21)24-14-18(28(36)40-4)12-22(32-24)20-10-16(6-8-30-20)26(34)38-2;2*2-1-3;/h2*5-14H,1-4H3;;;/q;;2*-1;+2. The molecule has 8 aromatic rings. The van der Waals surface area contributed by atoms with Gasteiger partial charge in [-0.25, -0.2) is 58.3 Å². The van der Waals surface area contributed by atoms with E-state index < -0.39 is 47.8 Å². The van der Waals surface area contributed by atoms with Crippen LogP contribution in [0.4, 0.5) is 0 Å². The van der Waals surface area contributed by atoms with Crippen molar-refractivity contribution < 1.29 is 95.7 Å². The van der Waals surface area contributed by atoms with Crippen LogP contribution in [-0.2, 0) is 57.4 Å². The van der Waals surface area contributed by atoms with Gasteiger partial charge >= 0.3 is 67.2 Å². The molecule has 0 atom stereocenters. The molecule has 0 fully saturated rings. The molecule has 0 unspecified atom stereocenters. The summed E-state index contributed by atoms with van der Waals surface area (Å²) in [4.78, 5) is 134. The average molecular weight is 1300 g/mol. The van der Waals surface area contributed by atoms with Crippen LogP contribution in [0.5, 0.6) is 0 Å². The number of hydrogen-bond donors (Lipinski definition) is 0. The Morgan fingerprint density at radius 1 is 0.287 bits per heavy atom. The molecule has 442 valence electrons. The van der Waals surface area contributed by atoms with E-state index in [0.717, 1.165) is 0 Å². The third kappa shape index (κ3) is 18.1. The topological polar surface area (TPSA) is 358 Å². The number of carbonyl (C=O) groups is 8. The fraction of sp³-hybridized carbons (Fsp3) is 0.138. The maximum atomic E-state index is 12.5. The van der Waals surface area contributed by atoms with Gasteiger partial charge in [0.1, 0.15) is 0 Å². The third-order valence-electron chi connectivity index (χ3n) is 11.3. The second-order valence-electron chi connectivity index (χ2n) is 16.3. The first kappa shape index (κ1) is 68.7. The van der Waals surface area contributed by atoms with Crippen molar-refractivity contribution in [1.29, 1.82) is 0 Å². The Kier molecular flexibility index (Phi) is 26.4. The summed E-state index contributed by atoms with van der Waals surface area (Å²) in [5.74, 6) is -4.95. The van der Waals surface area contributed by atoms with Gasteiger partial charge in [-0.3, -0.25) is 19.9 Å². The van der Waals surface area contributed by atoms with Crippen molar-refractivity contribution in [3.63, 3.8) is 0 Å². The molecule has 0 aliphatic carbocycles. The van der Waals surface area contributed by atoms with Crippen LogP contribution in [0, 0.1) is 0 Å². The number of hydrogen-bond acceptors (Lipinski definition) is 26. The Morgan fingerprint density at radius 2 is 0.414 bits per heavy atom. The number of esters is 8. The Labute approximate surface area is 517 Å². The quantitative estimate of drug-likeness (QED) is 0.0326. The molecule has 0 saturated heterocycles. The molecule has 0 N–H and O–H groups in total. The number of methoxy groups -OCH3 is 8. The van der Waals surface area contributed by atoms with Crippen LogP contribution in [0.1, 0.15) is 82.9 Å². The van der Waals surface area contributed by atoms with E-state index in [2.05, 4.69) is 64.3 Å². The second kappa shape index (κ2) is 33.5. The molecule has 8 aromatic heterocycles. The summed E-state index contributed by atoms with van der Waals surface area (Å²) in [6.45, 7) is 0. The maximum Gasteiger partial charge on any atom is 2.00 e. The minimum absolute atomic E-state index is 0. The van der Waals surface area contributed by atoms with Crippen molar-refractivity contribution in [1.82, 2.24) is 39.9 Å². The number of rotatable bonds is 14. The van der Waals surface area contributed by atoms with E-state index >= 15 is 0 Å². The van der Waals surface area contributed by atoms with Crippen molar-refractivity contribution in [3.8, 4) is 68.3 Å². The molecule has 0 saturated carbocycles. The van der Waals surface area contributed by atoms with Crippen LogP contribution in [0.2, 0.25) is 0 Å². The van der Waals surface area contributed by atoms with Crippen LogP contribution >= 0.6 is 24.4 Å². The van der Waals surface area contributed by atoms with Gasteiger partial charge in [-0.15, -0.1) is 0 Å². The summed E-state index contributed by atoms with van der Waals surface area (Å²) < 4.78 is 38.8. The van der Waals surface area contributed by atoms with Crippen LogP contribution in [0.25, 0.3) is 79.1 Å². The molecular formula is C58H44N10O16RuS2. The van der Waals surface area contributed by atoms with E-state index in [1.165, 1.54) is 189 Å². The van der Waals surface area contributed by atoms with Gasteiger partial charge < -0.3 is 48.7 Å². The van der Waals surface area contributed by atoms with E-state index in [-0.39, 0.29) is 132 Å². The number of aromatic nitrogens is 8. The Hall–Kier alpha value is -10.8. The number of isothiocyanates is 2. The molecule has 0 bridgehead atoms. The van der Waals surface area contributed by atoms with E-state index in [4.69, 9.17) is 48.7 Å². The van der Waals surface area contributed by atoms with Crippen LogP contribution in [0.15, 0.2) is 122 Å². The molecule has 0 spiro atoms. The SMILES string of the molecule is COC(=O)c1ccnc(-c2cc(C(=O)OC)cc(-c3cc(C(=O)OC)cc(-c4cc(C(=O)OC)ccn4)n3)n2)c1.COC(=O)c1ccnc(-c2cc(C(=O)OC)cc(-c3cc(C(=O)OC)cc(-c4cc(C(=O)OC)ccn4)n3)n2)c1.[N-]=C=S.[N-]=C=S.[Ru+2]. The van der Waals surface area contributed by atoms with Crippen LogP contribution in [-0.4, -0.2) is 155 Å². The average Bonchev–Trinajstić information content (AvgIpc) is 2.75. The molecule has 29 heteroatoms. The minimum atomic E-state index is -0.661. The first-order valence-electron chi connectivity index (χ1n) is 24.0. The van der Waals surface area contributed by atoms with Crippen molar-refractivity contribution in [2.75, 3.05) is 56.9 Å². The van der Waals surface area contributed by atoms with Gasteiger partial charge in [-0.05, 0) is 97.1 Å². The summed E-state index contributed by atoms with van der Waals surface area (Å²) >= 11 is 7.40. The molecule has 0 radical (unpaired) electrons. The number of pyridine rings is 8. The van der Waals surface area contributed by atoms with Gasteiger partial charge in [-0.1, -0.05) is 24.4 Å². The fourth-order valence-corrected chi connectivity index (χ4v) is 7.38. The molecule has 8 heterocycles. The van der Waals surface area contributed by atoms with Crippen molar-refractivity contribution >= 4 is 82.5 Å². The monoisotopic (exact) mass is 1300 g/mol. The summed E-state index contributed by atoms with van der Waals surface area (Å²) in [5, 5.41) is 16.9. The van der Waals surface area contributed by atoms with Gasteiger partial charge in [0.25, 0.3) is 0 Å². The maximum absolute atomic E-state index is 12.5. The predicted molar refractivity (Wildman–Crippen MR) is 310 cm³/mol. The van der Waals surface area contributed by atoms with E-state index in [1.807, 2.05) is 0 Å². The van der Waals surface area contributed by atoms with Crippen molar-refractivity contribution in [3.05, 3.63) is 177 Å². The first-order chi connectivity index (χ1) is 41.4. The van der Waals surface area contributed by atoms with E-state index in [0.29, 0.717) is 0 Å². The van der Waals surface area contributed by atoms with Crippen LogP contribution in [0.3, 0.4) is 0 Å². The molecule has 0 amide bonds. The zero-order valence-corrected chi connectivity index (χ0v) is 50.1. The molecule has 87 heavy (non-hydrogen) atoms. The number of ether oxygens (including phenoxy) is 8. The smallest absolute Gasteiger partial charge is 0.753 e. The van der Waals surface area contributed by atoms with Gasteiger partial charge in [0.05, 0.1) is 170 Å². The molecule has 0 aliphatic rings. The fourth-order valence-electron chi connectivity index (χ4n) is 7.38. The normalized spacial score (nSPS) is 9.75. The molecule has 26 nitrogen and oxygen atoms in total. The Balaban J connectivity index is 0.000000338. The predicted octanol–water partition coefficient (Wildman–Crippen LogP) is 8.14. The number of thiocarbonyl (C=S) groups is 2. The molecular weight excluding hydrogens is 1260 g/mol. The van der Waals surface area contributed by atoms with E-state index in [9.17, 15) is 38.4 Å². The number of carbonyl (C=O) groups excluding carboxylic acids is 8. The summed E-state index contributed by atoms with van der Waals surface area (Å²) in [6, 6.07) is 23.3. The van der Waals surface area contributed by atoms with Gasteiger partial charge in [0.2, 0.25) is 0 Å². The number of nitrogens with zero attached hydrogens (tertiary/aromatic N) is 10. The van der Waals surface area contributed by atoms with E-state index in [1.54, 1.807) is 0 Å². The zero-order valence-electron chi connectivity index (χ0n) is 46.7. The Bertz CT molecular complexity index is 3500. The first-order valence-corrected chi connectivity index (χ1v) is 24.8. The second-order valence-corrected chi connectivity index (χ2v) is 16.7. The zero-order chi connectivity index (χ0) is 63.0. The molecule has 0 aliphatic heterocycles. The third-order valence-corrected chi connectivity index (χ3v) is 11.3. The van der Waals surface area contributed by atoms with Crippen molar-refractivity contribution in [2.45, 2.75) is 0 Å². The molecule has 0 aromatic carbocycles. The summed E-state index contributed by atoms with van der Waals surface area (Å²) in [5.41, 5.74) is 4.06. The summed E-state index contributed by atoms with van der Waals surface area (Å²) in [6.07, 6.45) is 5.62. The largest absolute Gasteiger partial charge is 2.00 e. The van der Waals surface area contributed by atoms with Gasteiger partial charge in [-0.2, -0.15) is 10.3 Å². The molecule has 8 rings (SSSR count). The van der Waals surface area contributed by atoms with Gasteiger partial charge in [0, 0.05) is 24.8 Å². The van der Waals surface area contributed by atoms with Gasteiger partial charge in [0.15, 0.2) is 0 Å². The van der Waals surface area contributed by atoms with Crippen LogP contribution < -0.4 is 0 Å².